The number of fused-ring (bicyclic) bond motifs is 1. The van der Waals surface area contributed by atoms with Crippen molar-refractivity contribution in [3.05, 3.63) is 35.0 Å². The van der Waals surface area contributed by atoms with Gasteiger partial charge in [-0.3, -0.25) is 4.79 Å². The first kappa shape index (κ1) is 13.4. The molecule has 3 N–H and O–H groups in total. The summed E-state index contributed by atoms with van der Waals surface area (Å²) in [5, 5.41) is 20.1. The Labute approximate surface area is 111 Å². The van der Waals surface area contributed by atoms with Gasteiger partial charge in [-0.15, -0.1) is 11.3 Å². The second kappa shape index (κ2) is 5.33. The van der Waals surface area contributed by atoms with Crippen LogP contribution in [0.3, 0.4) is 0 Å². The topological polar surface area (TPSA) is 86.6 Å². The van der Waals surface area contributed by atoms with Crippen LogP contribution in [0.5, 0.6) is 0 Å². The predicted octanol–water partition coefficient (Wildman–Crippen LogP) is 1.22. The summed E-state index contributed by atoms with van der Waals surface area (Å²) in [5.41, 5.74) is 0. The molecule has 1 amide bonds. The third kappa shape index (κ3) is 2.88. The zero-order valence-corrected chi connectivity index (χ0v) is 10.4. The Morgan fingerprint density at radius 2 is 2.16 bits per heavy atom. The smallest absolute Gasteiger partial charge is 0.334 e. The van der Waals surface area contributed by atoms with Crippen LogP contribution in [-0.4, -0.2) is 34.7 Å². The molecule has 0 radical (unpaired) electrons. The fourth-order valence-corrected chi connectivity index (χ4v) is 2.49. The minimum atomic E-state index is -1.66. The van der Waals surface area contributed by atoms with Crippen LogP contribution >= 0.6 is 11.3 Å². The third-order valence-corrected chi connectivity index (χ3v) is 3.57. The van der Waals surface area contributed by atoms with Gasteiger partial charge in [0, 0.05) is 10.1 Å². The number of thiophene rings is 1. The van der Waals surface area contributed by atoms with Crippen molar-refractivity contribution in [1.82, 2.24) is 5.32 Å². The molecule has 2 rings (SSSR count). The van der Waals surface area contributed by atoms with Crippen molar-refractivity contribution < 1.29 is 24.2 Å². The fraction of sp³-hybridized carbons (Fsp3) is 0.167. The van der Waals surface area contributed by atoms with E-state index in [1.807, 2.05) is 0 Å². The molecule has 1 atom stereocenters. The Bertz CT molecular complexity index is 640. The summed E-state index contributed by atoms with van der Waals surface area (Å²) in [7, 11) is 0. The van der Waals surface area contributed by atoms with Crippen LogP contribution in [0.2, 0.25) is 0 Å². The number of carboxylic acids is 1. The Hall–Kier alpha value is -1.99. The zero-order valence-electron chi connectivity index (χ0n) is 9.59. The summed E-state index contributed by atoms with van der Waals surface area (Å²) in [4.78, 5) is 22.4. The average Bonchev–Trinajstić information content (AvgIpc) is 2.80. The molecule has 0 aliphatic heterocycles. The van der Waals surface area contributed by atoms with E-state index in [0.29, 0.717) is 10.1 Å². The average molecular weight is 283 g/mol. The van der Waals surface area contributed by atoms with Crippen LogP contribution in [0.15, 0.2) is 24.3 Å². The van der Waals surface area contributed by atoms with E-state index in [-0.39, 0.29) is 4.88 Å². The van der Waals surface area contributed by atoms with Gasteiger partial charge in [-0.2, -0.15) is 0 Å². The number of aliphatic hydroxyl groups is 1. The molecule has 0 aliphatic carbocycles. The van der Waals surface area contributed by atoms with E-state index in [4.69, 9.17) is 10.2 Å². The van der Waals surface area contributed by atoms with Crippen LogP contribution in [0, 0.1) is 5.82 Å². The van der Waals surface area contributed by atoms with Gasteiger partial charge in [-0.25, -0.2) is 9.18 Å². The molecular weight excluding hydrogens is 273 g/mol. The van der Waals surface area contributed by atoms with E-state index in [2.05, 4.69) is 5.32 Å². The van der Waals surface area contributed by atoms with Gasteiger partial charge in [0.05, 0.1) is 11.4 Å². The zero-order chi connectivity index (χ0) is 14.0. The number of rotatable bonds is 4. The van der Waals surface area contributed by atoms with Crippen molar-refractivity contribution in [1.29, 1.82) is 0 Å². The van der Waals surface area contributed by atoms with Crippen molar-refractivity contribution in [2.45, 2.75) is 6.10 Å². The molecule has 0 fully saturated rings. The van der Waals surface area contributed by atoms with Crippen molar-refractivity contribution in [3.8, 4) is 0 Å². The molecule has 1 heterocycles. The molecule has 1 aromatic heterocycles. The number of nitrogens with one attached hydrogen (secondary N) is 1. The van der Waals surface area contributed by atoms with Crippen LogP contribution in [-0.2, 0) is 4.79 Å². The number of halogens is 1. The van der Waals surface area contributed by atoms with Crippen molar-refractivity contribution in [2.24, 2.45) is 0 Å². The Balaban J connectivity index is 2.14. The summed E-state index contributed by atoms with van der Waals surface area (Å²) < 4.78 is 14.1. The van der Waals surface area contributed by atoms with Crippen LogP contribution in [0.4, 0.5) is 4.39 Å². The maximum atomic E-state index is 13.4. The number of aliphatic hydroxyl groups excluding tert-OH is 1. The molecule has 0 saturated heterocycles. The number of carboxylic acid groups (broad SMARTS) is 1. The largest absolute Gasteiger partial charge is 0.479 e. The summed E-state index contributed by atoms with van der Waals surface area (Å²) in [6.07, 6.45) is -1.66. The van der Waals surface area contributed by atoms with Crippen molar-refractivity contribution >= 4 is 33.3 Å². The van der Waals surface area contributed by atoms with Gasteiger partial charge in [0.2, 0.25) is 0 Å². The first-order chi connectivity index (χ1) is 8.99. The molecule has 19 heavy (non-hydrogen) atoms. The lowest BCUT2D eigenvalue weighted by molar-refractivity contribution is -0.146. The molecule has 7 heteroatoms. The second-order valence-corrected chi connectivity index (χ2v) is 4.91. The number of amides is 1. The van der Waals surface area contributed by atoms with E-state index in [1.165, 1.54) is 12.1 Å². The van der Waals surface area contributed by atoms with E-state index in [0.717, 1.165) is 11.3 Å². The van der Waals surface area contributed by atoms with Gasteiger partial charge in [0.1, 0.15) is 5.82 Å². The summed E-state index contributed by atoms with van der Waals surface area (Å²) in [6.45, 7) is -0.398. The van der Waals surface area contributed by atoms with Gasteiger partial charge in [0.15, 0.2) is 6.10 Å². The van der Waals surface area contributed by atoms with Crippen molar-refractivity contribution in [3.63, 3.8) is 0 Å². The summed E-state index contributed by atoms with van der Waals surface area (Å²) >= 11 is 1.10. The van der Waals surface area contributed by atoms with Crippen LogP contribution in [0.1, 0.15) is 9.67 Å². The highest BCUT2D eigenvalue weighted by atomic mass is 32.1. The minimum Gasteiger partial charge on any atom is -0.479 e. The van der Waals surface area contributed by atoms with Gasteiger partial charge >= 0.3 is 5.97 Å². The van der Waals surface area contributed by atoms with E-state index in [1.54, 1.807) is 12.1 Å². The first-order valence-electron chi connectivity index (χ1n) is 5.36. The highest BCUT2D eigenvalue weighted by Crippen LogP contribution is 2.27. The third-order valence-electron chi connectivity index (χ3n) is 2.47. The molecule has 100 valence electrons. The monoisotopic (exact) mass is 283 g/mol. The maximum absolute atomic E-state index is 13.4. The lowest BCUT2D eigenvalue weighted by Gasteiger charge is -2.06. The number of aliphatic carboxylic acids is 1. The van der Waals surface area contributed by atoms with E-state index >= 15 is 0 Å². The second-order valence-electron chi connectivity index (χ2n) is 3.83. The quantitative estimate of drug-likeness (QED) is 0.787. The molecule has 0 spiro atoms. The van der Waals surface area contributed by atoms with Gasteiger partial charge in [-0.1, -0.05) is 6.07 Å². The van der Waals surface area contributed by atoms with Gasteiger partial charge in [-0.05, 0) is 18.2 Å². The van der Waals surface area contributed by atoms with Gasteiger partial charge in [0.25, 0.3) is 5.91 Å². The number of benzene rings is 1. The van der Waals surface area contributed by atoms with Crippen LogP contribution < -0.4 is 5.32 Å². The number of hydrogen-bond donors (Lipinski definition) is 3. The maximum Gasteiger partial charge on any atom is 0.334 e. The summed E-state index contributed by atoms with van der Waals surface area (Å²) in [6, 6.07) is 5.93. The molecule has 5 nitrogen and oxygen atoms in total. The normalized spacial score (nSPS) is 12.3. The van der Waals surface area contributed by atoms with E-state index < -0.39 is 30.3 Å². The van der Waals surface area contributed by atoms with Crippen molar-refractivity contribution in [2.75, 3.05) is 6.54 Å². The Kier molecular flexibility index (Phi) is 3.77. The standard InChI is InChI=1S/C12H10FNO4S/c13-7-2-1-3-9-6(7)4-10(19-9)11(16)14-5-8(15)12(17)18/h1-4,8,15H,5H2,(H,14,16)(H,17,18). The Morgan fingerprint density at radius 1 is 1.42 bits per heavy atom. The van der Waals surface area contributed by atoms with Crippen LogP contribution in [0.25, 0.3) is 10.1 Å². The molecule has 1 aromatic carbocycles. The first-order valence-corrected chi connectivity index (χ1v) is 6.18. The van der Waals surface area contributed by atoms with Gasteiger partial charge < -0.3 is 15.5 Å². The highest BCUT2D eigenvalue weighted by Gasteiger charge is 2.16. The lowest BCUT2D eigenvalue weighted by Crippen LogP contribution is -2.36. The molecule has 0 aliphatic rings. The predicted molar refractivity (Wildman–Crippen MR) is 67.8 cm³/mol. The Morgan fingerprint density at radius 3 is 2.79 bits per heavy atom. The SMILES string of the molecule is O=C(NCC(O)C(=O)O)c1cc2c(F)cccc2s1. The summed E-state index contributed by atoms with van der Waals surface area (Å²) in [5.74, 6) is -2.37. The fourth-order valence-electron chi connectivity index (χ4n) is 1.50. The molecule has 2 aromatic rings. The van der Waals surface area contributed by atoms with E-state index in [9.17, 15) is 14.0 Å². The molecule has 0 saturated carbocycles. The minimum absolute atomic E-state index is 0.262. The highest BCUT2D eigenvalue weighted by molar-refractivity contribution is 7.20. The number of carbonyl (C=O) groups excluding carboxylic acids is 1. The molecular formula is C12H10FNO4S. The lowest BCUT2D eigenvalue weighted by atomic mass is 10.2. The number of carbonyl (C=O) groups is 2. The molecule has 1 unspecified atom stereocenters. The molecule has 0 bridgehead atoms. The number of hydrogen-bond acceptors (Lipinski definition) is 4.